The van der Waals surface area contributed by atoms with Crippen molar-refractivity contribution in [3.05, 3.63) is 11.8 Å². The monoisotopic (exact) mass is 303 g/mol. The van der Waals surface area contributed by atoms with Crippen LogP contribution in [0.2, 0.25) is 0 Å². The predicted molar refractivity (Wildman–Crippen MR) is 69.0 cm³/mol. The first-order valence-corrected chi connectivity index (χ1v) is 7.68. The Morgan fingerprint density at radius 2 is 2.35 bits per heavy atom. The molecule has 1 N–H and O–H groups in total. The first-order valence-electron chi connectivity index (χ1n) is 6.24. The fourth-order valence-electron chi connectivity index (χ4n) is 2.26. The van der Waals surface area contributed by atoms with Crippen molar-refractivity contribution in [3.8, 4) is 0 Å². The summed E-state index contributed by atoms with van der Waals surface area (Å²) in [6.07, 6.45) is 0.631. The van der Waals surface area contributed by atoms with E-state index in [2.05, 4.69) is 5.10 Å². The number of likely N-dealkylation sites (N-methyl/N-ethyl adjacent to an activating group) is 1. The zero-order valence-electron chi connectivity index (χ0n) is 11.3. The zero-order valence-corrected chi connectivity index (χ0v) is 12.1. The first-order chi connectivity index (χ1) is 9.37. The van der Waals surface area contributed by atoms with Crippen LogP contribution >= 0.6 is 0 Å². The van der Waals surface area contributed by atoms with Crippen molar-refractivity contribution >= 4 is 16.0 Å². The lowest BCUT2D eigenvalue weighted by Gasteiger charge is -2.24. The fourth-order valence-corrected chi connectivity index (χ4v) is 3.89. The minimum atomic E-state index is -3.81. The summed E-state index contributed by atoms with van der Waals surface area (Å²) in [5, 5.41) is 12.5. The van der Waals surface area contributed by atoms with Crippen LogP contribution in [-0.2, 0) is 21.8 Å². The lowest BCUT2D eigenvalue weighted by Crippen LogP contribution is -2.40. The Morgan fingerprint density at radius 1 is 1.65 bits per heavy atom. The number of aromatic nitrogens is 2. The molecule has 2 heterocycles. The Balaban J connectivity index is 2.37. The number of nitrogens with zero attached hydrogens (tertiary/aromatic N) is 3. The maximum Gasteiger partial charge on any atom is 0.354 e. The maximum atomic E-state index is 12.5. The number of carboxylic acids is 1. The van der Waals surface area contributed by atoms with E-state index in [0.717, 1.165) is 10.7 Å². The number of sulfonamides is 1. The van der Waals surface area contributed by atoms with Gasteiger partial charge < -0.3 is 9.84 Å². The van der Waals surface area contributed by atoms with Crippen LogP contribution in [0.3, 0.4) is 0 Å². The van der Waals surface area contributed by atoms with Crippen molar-refractivity contribution in [3.63, 3.8) is 0 Å². The molecule has 2 rings (SSSR count). The molecule has 20 heavy (non-hydrogen) atoms. The van der Waals surface area contributed by atoms with Gasteiger partial charge in [-0.25, -0.2) is 13.2 Å². The van der Waals surface area contributed by atoms with Gasteiger partial charge in [0.25, 0.3) is 10.0 Å². The summed E-state index contributed by atoms with van der Waals surface area (Å²) in [5.74, 6) is -1.21. The molecule has 1 fully saturated rings. The van der Waals surface area contributed by atoms with Gasteiger partial charge in [0.1, 0.15) is 5.69 Å². The molecule has 112 valence electrons. The summed E-state index contributed by atoms with van der Waals surface area (Å²) in [6, 6.07) is 0.858. The molecule has 0 bridgehead atoms. The predicted octanol–water partition coefficient (Wildman–Crippen LogP) is -0.0822. The van der Waals surface area contributed by atoms with Crippen molar-refractivity contribution in [1.82, 2.24) is 14.1 Å². The van der Waals surface area contributed by atoms with Gasteiger partial charge in [-0.05, 0) is 6.42 Å². The smallest absolute Gasteiger partial charge is 0.354 e. The molecule has 1 aliphatic heterocycles. The van der Waals surface area contributed by atoms with E-state index in [-0.39, 0.29) is 23.3 Å². The van der Waals surface area contributed by atoms with Crippen LogP contribution in [0.5, 0.6) is 0 Å². The summed E-state index contributed by atoms with van der Waals surface area (Å²) in [7, 11) is -2.41. The molecule has 1 unspecified atom stereocenters. The van der Waals surface area contributed by atoms with Gasteiger partial charge in [-0.1, -0.05) is 6.92 Å². The van der Waals surface area contributed by atoms with Crippen LogP contribution in [0.4, 0.5) is 0 Å². The Kier molecular flexibility index (Phi) is 4.11. The maximum absolute atomic E-state index is 12.5. The highest BCUT2D eigenvalue weighted by atomic mass is 32.2. The summed E-state index contributed by atoms with van der Waals surface area (Å²) in [4.78, 5) is 11.0. The average Bonchev–Trinajstić information content (AvgIpc) is 2.99. The zero-order chi connectivity index (χ0) is 14.9. The molecule has 1 aromatic heterocycles. The minimum Gasteiger partial charge on any atom is -0.477 e. The quantitative estimate of drug-likeness (QED) is 0.816. The molecule has 9 heteroatoms. The Hall–Kier alpha value is -1.45. The second kappa shape index (κ2) is 5.51. The minimum absolute atomic E-state index is 0.165. The van der Waals surface area contributed by atoms with Gasteiger partial charge in [-0.2, -0.15) is 9.40 Å². The molecule has 8 nitrogen and oxygen atoms in total. The molecule has 1 saturated heterocycles. The van der Waals surface area contributed by atoms with Crippen LogP contribution < -0.4 is 0 Å². The van der Waals surface area contributed by atoms with E-state index >= 15 is 0 Å². The molecule has 0 saturated carbocycles. The third kappa shape index (κ3) is 2.56. The molecular weight excluding hydrogens is 286 g/mol. The van der Waals surface area contributed by atoms with E-state index in [1.807, 2.05) is 0 Å². The summed E-state index contributed by atoms with van der Waals surface area (Å²) in [5.41, 5.74) is -0.165. The van der Waals surface area contributed by atoms with Crippen LogP contribution in [0, 0.1) is 0 Å². The van der Waals surface area contributed by atoms with Crippen LogP contribution in [-0.4, -0.2) is 59.4 Å². The van der Waals surface area contributed by atoms with Crippen molar-refractivity contribution < 1.29 is 23.1 Å². The topological polar surface area (TPSA) is 102 Å². The molecule has 1 aliphatic rings. The number of ether oxygens (including phenoxy) is 1. The van der Waals surface area contributed by atoms with Gasteiger partial charge in [-0.3, -0.25) is 4.68 Å². The van der Waals surface area contributed by atoms with Gasteiger partial charge in [0.2, 0.25) is 0 Å². The Labute approximate surface area is 117 Å². The molecule has 0 amide bonds. The summed E-state index contributed by atoms with van der Waals surface area (Å²) in [6.45, 7) is 2.90. The molecule has 1 aromatic rings. The number of aromatic carboxylic acids is 1. The molecular formula is C11H17N3O5S. The molecule has 0 aromatic carbocycles. The van der Waals surface area contributed by atoms with E-state index in [0.29, 0.717) is 19.6 Å². The summed E-state index contributed by atoms with van der Waals surface area (Å²) >= 11 is 0. The van der Waals surface area contributed by atoms with E-state index in [4.69, 9.17) is 9.84 Å². The Bertz CT molecular complexity index is 604. The third-order valence-electron chi connectivity index (χ3n) is 3.27. The normalized spacial score (nSPS) is 19.6. The lowest BCUT2D eigenvalue weighted by molar-refractivity contribution is 0.0685. The highest BCUT2D eigenvalue weighted by Crippen LogP contribution is 2.22. The highest BCUT2D eigenvalue weighted by Gasteiger charge is 2.35. The number of carbonyl (C=O) groups is 1. The third-order valence-corrected chi connectivity index (χ3v) is 5.18. The van der Waals surface area contributed by atoms with E-state index in [1.54, 1.807) is 6.92 Å². The number of hydrogen-bond acceptors (Lipinski definition) is 5. The average molecular weight is 303 g/mol. The molecule has 0 aliphatic carbocycles. The molecule has 1 atom stereocenters. The van der Waals surface area contributed by atoms with Gasteiger partial charge >= 0.3 is 5.97 Å². The standard InChI is InChI=1S/C11H17N3O5S/c1-3-14(8-4-5-19-7-8)20(17,18)10-6-9(11(15)16)13(2)12-10/h6,8H,3-5,7H2,1-2H3,(H,15,16). The first kappa shape index (κ1) is 14.9. The van der Waals surface area contributed by atoms with Gasteiger partial charge in [0, 0.05) is 26.3 Å². The Morgan fingerprint density at radius 3 is 2.80 bits per heavy atom. The highest BCUT2D eigenvalue weighted by molar-refractivity contribution is 7.89. The van der Waals surface area contributed by atoms with E-state index < -0.39 is 16.0 Å². The fraction of sp³-hybridized carbons (Fsp3) is 0.636. The molecule has 0 spiro atoms. The number of carboxylic acid groups (broad SMARTS) is 1. The number of hydrogen-bond donors (Lipinski definition) is 1. The lowest BCUT2D eigenvalue weighted by atomic mass is 10.3. The van der Waals surface area contributed by atoms with E-state index in [1.165, 1.54) is 11.4 Å². The van der Waals surface area contributed by atoms with E-state index in [9.17, 15) is 13.2 Å². The largest absolute Gasteiger partial charge is 0.477 e. The van der Waals surface area contributed by atoms with Crippen molar-refractivity contribution in [2.45, 2.75) is 24.4 Å². The van der Waals surface area contributed by atoms with Crippen molar-refractivity contribution in [2.24, 2.45) is 7.05 Å². The number of rotatable bonds is 5. The number of aryl methyl sites for hydroxylation is 1. The van der Waals surface area contributed by atoms with Crippen molar-refractivity contribution in [2.75, 3.05) is 19.8 Å². The second-order valence-corrected chi connectivity index (χ2v) is 6.36. The van der Waals surface area contributed by atoms with Gasteiger partial charge in [-0.15, -0.1) is 0 Å². The second-order valence-electron chi connectivity index (χ2n) is 4.52. The van der Waals surface area contributed by atoms with Gasteiger partial charge in [0.05, 0.1) is 12.6 Å². The SMILES string of the molecule is CCN(C1CCOC1)S(=O)(=O)c1cc(C(=O)O)n(C)n1. The van der Waals surface area contributed by atoms with Crippen LogP contribution in [0.1, 0.15) is 23.8 Å². The van der Waals surface area contributed by atoms with Crippen molar-refractivity contribution in [1.29, 1.82) is 0 Å². The van der Waals surface area contributed by atoms with Crippen LogP contribution in [0.25, 0.3) is 0 Å². The molecule has 0 radical (unpaired) electrons. The van der Waals surface area contributed by atoms with Gasteiger partial charge in [0.15, 0.2) is 5.03 Å². The summed E-state index contributed by atoms with van der Waals surface area (Å²) < 4.78 is 32.7. The van der Waals surface area contributed by atoms with Crippen LogP contribution in [0.15, 0.2) is 11.1 Å².